The van der Waals surface area contributed by atoms with E-state index in [1.807, 2.05) is 0 Å². The van der Waals surface area contributed by atoms with Gasteiger partial charge in [0.1, 0.15) is 6.04 Å². The van der Waals surface area contributed by atoms with Crippen molar-refractivity contribution in [1.29, 1.82) is 0 Å². The van der Waals surface area contributed by atoms with E-state index in [1.54, 1.807) is 18.2 Å². The van der Waals surface area contributed by atoms with Gasteiger partial charge in [0, 0.05) is 23.0 Å². The number of benzene rings is 1. The van der Waals surface area contributed by atoms with Crippen molar-refractivity contribution in [3.63, 3.8) is 0 Å². The Kier molecular flexibility index (Phi) is 5.63. The van der Waals surface area contributed by atoms with Crippen molar-refractivity contribution in [2.75, 3.05) is 6.61 Å². The summed E-state index contributed by atoms with van der Waals surface area (Å²) in [5.74, 6) is -1.25. The number of hydrogen-bond acceptors (Lipinski definition) is 4. The lowest BCUT2D eigenvalue weighted by Gasteiger charge is -2.11. The molecular formula is C14H14Cl2N2O4. The Morgan fingerprint density at radius 1 is 1.36 bits per heavy atom. The van der Waals surface area contributed by atoms with Crippen LogP contribution in [0.25, 0.3) is 0 Å². The SMILES string of the molecule is O=C(COC(=O)[C@@H]1CCC(=O)N1)NCc1ccc(Cl)cc1Cl. The maximum Gasteiger partial charge on any atom is 0.329 e. The molecule has 0 saturated carbocycles. The molecule has 8 heteroatoms. The van der Waals surface area contributed by atoms with E-state index in [-0.39, 0.29) is 12.5 Å². The highest BCUT2D eigenvalue weighted by Crippen LogP contribution is 2.20. The van der Waals surface area contributed by atoms with Gasteiger partial charge in [-0.2, -0.15) is 0 Å². The topological polar surface area (TPSA) is 84.5 Å². The molecule has 1 aliphatic rings. The molecule has 1 aliphatic heterocycles. The average Bonchev–Trinajstić information content (AvgIpc) is 2.90. The van der Waals surface area contributed by atoms with Crippen molar-refractivity contribution in [3.8, 4) is 0 Å². The van der Waals surface area contributed by atoms with Crippen LogP contribution in [0.15, 0.2) is 18.2 Å². The molecule has 0 spiro atoms. The van der Waals surface area contributed by atoms with Crippen LogP contribution in [0, 0.1) is 0 Å². The zero-order valence-corrected chi connectivity index (χ0v) is 13.0. The van der Waals surface area contributed by atoms with Gasteiger partial charge in [-0.25, -0.2) is 4.79 Å². The molecule has 2 amide bonds. The summed E-state index contributed by atoms with van der Waals surface area (Å²) in [6.45, 7) is -0.205. The number of rotatable bonds is 5. The summed E-state index contributed by atoms with van der Waals surface area (Å²) < 4.78 is 4.85. The normalized spacial score (nSPS) is 17.0. The van der Waals surface area contributed by atoms with Crippen molar-refractivity contribution in [2.45, 2.75) is 25.4 Å². The Labute approximate surface area is 137 Å². The zero-order valence-electron chi connectivity index (χ0n) is 11.5. The van der Waals surface area contributed by atoms with Crippen LogP contribution in [-0.4, -0.2) is 30.4 Å². The van der Waals surface area contributed by atoms with Crippen LogP contribution < -0.4 is 10.6 Å². The average molecular weight is 345 g/mol. The number of carbonyl (C=O) groups is 3. The summed E-state index contributed by atoms with van der Waals surface area (Å²) in [4.78, 5) is 34.2. The molecule has 2 rings (SSSR count). The van der Waals surface area contributed by atoms with Gasteiger partial charge in [-0.1, -0.05) is 29.3 Å². The van der Waals surface area contributed by atoms with Crippen LogP contribution in [-0.2, 0) is 25.7 Å². The second-order valence-electron chi connectivity index (χ2n) is 4.78. The predicted molar refractivity (Wildman–Crippen MR) is 80.4 cm³/mol. The van der Waals surface area contributed by atoms with Crippen LogP contribution in [0.3, 0.4) is 0 Å². The predicted octanol–water partition coefficient (Wildman–Crippen LogP) is 1.43. The quantitative estimate of drug-likeness (QED) is 0.791. The van der Waals surface area contributed by atoms with E-state index < -0.39 is 24.5 Å². The molecule has 1 aromatic rings. The lowest BCUT2D eigenvalue weighted by molar-refractivity contribution is -0.150. The summed E-state index contributed by atoms with van der Waals surface area (Å²) in [6, 6.07) is 4.28. The minimum Gasteiger partial charge on any atom is -0.454 e. The summed E-state index contributed by atoms with van der Waals surface area (Å²) in [5.41, 5.74) is 0.703. The second kappa shape index (κ2) is 7.47. The molecular weight excluding hydrogens is 331 g/mol. The monoisotopic (exact) mass is 344 g/mol. The van der Waals surface area contributed by atoms with Gasteiger partial charge in [0.2, 0.25) is 5.91 Å². The number of esters is 1. The third-order valence-electron chi connectivity index (χ3n) is 3.12. The van der Waals surface area contributed by atoms with Crippen LogP contribution in [0.2, 0.25) is 10.0 Å². The summed E-state index contributed by atoms with van der Waals surface area (Å²) >= 11 is 11.8. The highest BCUT2D eigenvalue weighted by molar-refractivity contribution is 6.35. The molecule has 0 bridgehead atoms. The number of ether oxygens (including phenoxy) is 1. The lowest BCUT2D eigenvalue weighted by Crippen LogP contribution is -2.37. The number of carbonyl (C=O) groups excluding carboxylic acids is 3. The third kappa shape index (κ3) is 4.61. The minimum atomic E-state index is -0.661. The fourth-order valence-corrected chi connectivity index (χ4v) is 2.41. The highest BCUT2D eigenvalue weighted by Gasteiger charge is 2.28. The van der Waals surface area contributed by atoms with Crippen LogP contribution in [0.5, 0.6) is 0 Å². The third-order valence-corrected chi connectivity index (χ3v) is 3.70. The molecule has 1 heterocycles. The first-order valence-corrected chi connectivity index (χ1v) is 7.38. The number of halogens is 2. The standard InChI is InChI=1S/C14H14Cl2N2O4/c15-9-2-1-8(10(16)5-9)6-17-13(20)7-22-14(21)11-3-4-12(19)18-11/h1-2,5,11H,3-4,6-7H2,(H,17,20)(H,18,19)/t11-/m0/s1. The molecule has 0 unspecified atom stereocenters. The highest BCUT2D eigenvalue weighted by atomic mass is 35.5. The van der Waals surface area contributed by atoms with Gasteiger partial charge in [-0.05, 0) is 24.1 Å². The van der Waals surface area contributed by atoms with Crippen molar-refractivity contribution in [3.05, 3.63) is 33.8 Å². The van der Waals surface area contributed by atoms with Gasteiger partial charge in [0.05, 0.1) is 0 Å². The molecule has 6 nitrogen and oxygen atoms in total. The van der Waals surface area contributed by atoms with Gasteiger partial charge in [-0.15, -0.1) is 0 Å². The Bertz CT molecular complexity index is 607. The fourth-order valence-electron chi connectivity index (χ4n) is 1.94. The first kappa shape index (κ1) is 16.6. The molecule has 0 aromatic heterocycles. The molecule has 1 aromatic carbocycles. The number of nitrogens with one attached hydrogen (secondary N) is 2. The first-order valence-electron chi connectivity index (χ1n) is 6.62. The molecule has 22 heavy (non-hydrogen) atoms. The van der Waals surface area contributed by atoms with Crippen LogP contribution >= 0.6 is 23.2 Å². The number of amides is 2. The molecule has 0 radical (unpaired) electrons. The maximum absolute atomic E-state index is 11.6. The smallest absolute Gasteiger partial charge is 0.329 e. The Hall–Kier alpha value is -1.79. The van der Waals surface area contributed by atoms with Crippen molar-refractivity contribution in [2.24, 2.45) is 0 Å². The Balaban J connectivity index is 1.74. The summed E-state index contributed by atoms with van der Waals surface area (Å²) in [5, 5.41) is 6.01. The summed E-state index contributed by atoms with van der Waals surface area (Å²) in [7, 11) is 0. The van der Waals surface area contributed by atoms with E-state index in [0.29, 0.717) is 28.5 Å². The number of hydrogen-bond donors (Lipinski definition) is 2. The van der Waals surface area contributed by atoms with Crippen LogP contribution in [0.1, 0.15) is 18.4 Å². The Morgan fingerprint density at radius 3 is 2.77 bits per heavy atom. The van der Waals surface area contributed by atoms with Crippen molar-refractivity contribution < 1.29 is 19.1 Å². The molecule has 1 fully saturated rings. The van der Waals surface area contributed by atoms with Gasteiger partial charge >= 0.3 is 5.97 Å². The Morgan fingerprint density at radius 2 is 2.14 bits per heavy atom. The van der Waals surface area contributed by atoms with E-state index in [0.717, 1.165) is 0 Å². The molecule has 118 valence electrons. The zero-order chi connectivity index (χ0) is 16.1. The molecule has 0 aliphatic carbocycles. The van der Waals surface area contributed by atoms with E-state index in [9.17, 15) is 14.4 Å². The molecule has 1 atom stereocenters. The maximum atomic E-state index is 11.6. The second-order valence-corrected chi connectivity index (χ2v) is 5.62. The first-order chi connectivity index (χ1) is 10.5. The largest absolute Gasteiger partial charge is 0.454 e. The van der Waals surface area contributed by atoms with Gasteiger partial charge in [0.15, 0.2) is 6.61 Å². The minimum absolute atomic E-state index is 0.191. The van der Waals surface area contributed by atoms with E-state index >= 15 is 0 Å². The van der Waals surface area contributed by atoms with E-state index in [1.165, 1.54) is 0 Å². The van der Waals surface area contributed by atoms with Crippen LogP contribution in [0.4, 0.5) is 0 Å². The fraction of sp³-hybridized carbons (Fsp3) is 0.357. The lowest BCUT2D eigenvalue weighted by atomic mass is 10.2. The summed E-state index contributed by atoms with van der Waals surface area (Å²) in [6.07, 6.45) is 0.681. The van der Waals surface area contributed by atoms with Gasteiger partial charge in [-0.3, -0.25) is 9.59 Å². The van der Waals surface area contributed by atoms with Gasteiger partial charge in [0.25, 0.3) is 5.91 Å². The molecule has 2 N–H and O–H groups in total. The van der Waals surface area contributed by atoms with Gasteiger partial charge < -0.3 is 15.4 Å². The van der Waals surface area contributed by atoms with Crippen molar-refractivity contribution >= 4 is 41.0 Å². The molecule has 1 saturated heterocycles. The van der Waals surface area contributed by atoms with Crippen molar-refractivity contribution in [1.82, 2.24) is 10.6 Å². The van der Waals surface area contributed by atoms with E-state index in [4.69, 9.17) is 27.9 Å². The van der Waals surface area contributed by atoms with E-state index in [2.05, 4.69) is 10.6 Å².